The quantitative estimate of drug-likeness (QED) is 0.529. The summed E-state index contributed by atoms with van der Waals surface area (Å²) in [7, 11) is 0. The van der Waals surface area contributed by atoms with E-state index in [0.717, 1.165) is 25.7 Å². The van der Waals surface area contributed by atoms with Gasteiger partial charge in [0.2, 0.25) is 0 Å². The third kappa shape index (κ3) is 2.11. The highest BCUT2D eigenvalue weighted by Gasteiger charge is 2.42. The molecule has 2 bridgehead atoms. The number of hydrogen-bond acceptors (Lipinski definition) is 3. The van der Waals surface area contributed by atoms with E-state index in [9.17, 15) is 4.79 Å². The van der Waals surface area contributed by atoms with Crippen LogP contribution in [0.15, 0.2) is 12.2 Å². The SMILES string of the molecule is C=C(C)C(=O)OC1CC2CC(C#N)C(C2)C1. The van der Waals surface area contributed by atoms with Crippen molar-refractivity contribution in [1.29, 1.82) is 5.26 Å². The lowest BCUT2D eigenvalue weighted by Crippen LogP contribution is -2.27. The van der Waals surface area contributed by atoms with E-state index in [1.807, 2.05) is 0 Å². The minimum absolute atomic E-state index is 0.00583. The molecule has 16 heavy (non-hydrogen) atoms. The fraction of sp³-hybridized carbons (Fsp3) is 0.692. The molecule has 4 atom stereocenters. The summed E-state index contributed by atoms with van der Waals surface area (Å²) in [6.07, 6.45) is 3.91. The van der Waals surface area contributed by atoms with E-state index in [1.165, 1.54) is 0 Å². The minimum Gasteiger partial charge on any atom is -0.459 e. The summed E-state index contributed by atoms with van der Waals surface area (Å²) in [5.41, 5.74) is 0.453. The Bertz CT molecular complexity index is 355. The topological polar surface area (TPSA) is 50.1 Å². The van der Waals surface area contributed by atoms with E-state index in [-0.39, 0.29) is 18.0 Å². The Morgan fingerprint density at radius 1 is 1.38 bits per heavy atom. The van der Waals surface area contributed by atoms with Crippen molar-refractivity contribution in [2.75, 3.05) is 0 Å². The lowest BCUT2D eigenvalue weighted by atomic mass is 9.85. The molecule has 0 saturated heterocycles. The molecule has 2 aliphatic rings. The molecule has 3 heteroatoms. The summed E-state index contributed by atoms with van der Waals surface area (Å²) in [5, 5.41) is 9.00. The van der Waals surface area contributed by atoms with E-state index in [2.05, 4.69) is 12.6 Å². The molecule has 0 spiro atoms. The monoisotopic (exact) mass is 219 g/mol. The second-order valence-electron chi connectivity index (χ2n) is 5.11. The molecule has 86 valence electrons. The summed E-state index contributed by atoms with van der Waals surface area (Å²) in [5.74, 6) is 0.899. The van der Waals surface area contributed by atoms with Crippen LogP contribution in [0, 0.1) is 29.1 Å². The molecular weight excluding hydrogens is 202 g/mol. The zero-order valence-corrected chi connectivity index (χ0v) is 9.61. The third-order valence-corrected chi connectivity index (χ3v) is 3.74. The smallest absolute Gasteiger partial charge is 0.333 e. The standard InChI is InChI=1S/C13H17NO2/c1-8(2)13(15)16-12-5-9-3-10(6-12)11(4-9)7-14/h9-12H,1,3-6H2,2H3. The number of nitriles is 1. The molecule has 2 aliphatic carbocycles. The number of ether oxygens (including phenoxy) is 1. The normalized spacial score (nSPS) is 36.5. The highest BCUT2D eigenvalue weighted by molar-refractivity contribution is 5.87. The van der Waals surface area contributed by atoms with E-state index in [1.54, 1.807) is 6.92 Å². The first-order chi connectivity index (χ1) is 7.60. The molecule has 4 unspecified atom stereocenters. The van der Waals surface area contributed by atoms with Gasteiger partial charge in [0, 0.05) is 11.5 Å². The first-order valence-electron chi connectivity index (χ1n) is 5.86. The fourth-order valence-electron chi connectivity index (χ4n) is 3.01. The van der Waals surface area contributed by atoms with Gasteiger partial charge in [-0.25, -0.2) is 4.79 Å². The Hall–Kier alpha value is -1.30. The first-order valence-corrected chi connectivity index (χ1v) is 5.86. The molecule has 0 N–H and O–H groups in total. The predicted molar refractivity (Wildman–Crippen MR) is 59.2 cm³/mol. The second kappa shape index (κ2) is 4.29. The highest BCUT2D eigenvalue weighted by atomic mass is 16.5. The Morgan fingerprint density at radius 3 is 2.75 bits per heavy atom. The molecule has 0 aromatic rings. The maximum absolute atomic E-state index is 11.4. The Labute approximate surface area is 96.1 Å². The molecule has 2 rings (SSSR count). The zero-order chi connectivity index (χ0) is 11.7. The molecule has 2 fully saturated rings. The highest BCUT2D eigenvalue weighted by Crippen LogP contribution is 2.46. The fourth-order valence-corrected chi connectivity index (χ4v) is 3.01. The number of hydrogen-bond donors (Lipinski definition) is 0. The van der Waals surface area contributed by atoms with Crippen molar-refractivity contribution in [2.45, 2.75) is 38.7 Å². The number of carbonyl (C=O) groups is 1. The summed E-state index contributed by atoms with van der Waals surface area (Å²) in [6, 6.07) is 2.37. The number of rotatable bonds is 2. The van der Waals surface area contributed by atoms with Gasteiger partial charge in [-0.05, 0) is 44.4 Å². The van der Waals surface area contributed by atoms with E-state index in [4.69, 9.17) is 10.00 Å². The maximum atomic E-state index is 11.4. The molecule has 0 aliphatic heterocycles. The molecule has 3 nitrogen and oxygen atoms in total. The molecule has 0 radical (unpaired) electrons. The van der Waals surface area contributed by atoms with Crippen molar-refractivity contribution in [1.82, 2.24) is 0 Å². The minimum atomic E-state index is -0.292. The van der Waals surface area contributed by atoms with Crippen molar-refractivity contribution in [3.63, 3.8) is 0 Å². The zero-order valence-electron chi connectivity index (χ0n) is 9.61. The van der Waals surface area contributed by atoms with Gasteiger partial charge >= 0.3 is 5.97 Å². The van der Waals surface area contributed by atoms with Crippen molar-refractivity contribution in [3.8, 4) is 6.07 Å². The molecule has 2 saturated carbocycles. The Morgan fingerprint density at radius 2 is 2.12 bits per heavy atom. The summed E-state index contributed by atoms with van der Waals surface area (Å²) in [6.45, 7) is 5.24. The Balaban J connectivity index is 1.94. The van der Waals surface area contributed by atoms with E-state index >= 15 is 0 Å². The second-order valence-corrected chi connectivity index (χ2v) is 5.11. The van der Waals surface area contributed by atoms with Gasteiger partial charge in [0.25, 0.3) is 0 Å². The van der Waals surface area contributed by atoms with Gasteiger partial charge in [-0.2, -0.15) is 5.26 Å². The maximum Gasteiger partial charge on any atom is 0.333 e. The molecule has 0 heterocycles. The van der Waals surface area contributed by atoms with Crippen LogP contribution in [0.4, 0.5) is 0 Å². The van der Waals surface area contributed by atoms with Crippen molar-refractivity contribution < 1.29 is 9.53 Å². The van der Waals surface area contributed by atoms with Crippen LogP contribution in [-0.4, -0.2) is 12.1 Å². The van der Waals surface area contributed by atoms with Crippen LogP contribution in [0.2, 0.25) is 0 Å². The van der Waals surface area contributed by atoms with Crippen LogP contribution in [-0.2, 0) is 9.53 Å². The van der Waals surface area contributed by atoms with E-state index in [0.29, 0.717) is 17.4 Å². The van der Waals surface area contributed by atoms with Crippen molar-refractivity contribution >= 4 is 5.97 Å². The lowest BCUT2D eigenvalue weighted by Gasteiger charge is -2.27. The number of carbonyl (C=O) groups excluding carboxylic acids is 1. The van der Waals surface area contributed by atoms with Gasteiger partial charge in [-0.3, -0.25) is 0 Å². The molecule has 0 aromatic carbocycles. The number of fused-ring (bicyclic) bond motifs is 2. The first kappa shape index (κ1) is 11.2. The van der Waals surface area contributed by atoms with Gasteiger partial charge in [0.05, 0.1) is 6.07 Å². The average molecular weight is 219 g/mol. The van der Waals surface area contributed by atoms with Crippen molar-refractivity contribution in [2.24, 2.45) is 17.8 Å². The van der Waals surface area contributed by atoms with Gasteiger partial charge in [0.1, 0.15) is 6.10 Å². The van der Waals surface area contributed by atoms with Crippen LogP contribution in [0.1, 0.15) is 32.6 Å². The van der Waals surface area contributed by atoms with Crippen LogP contribution in [0.5, 0.6) is 0 Å². The van der Waals surface area contributed by atoms with Crippen molar-refractivity contribution in [3.05, 3.63) is 12.2 Å². The third-order valence-electron chi connectivity index (χ3n) is 3.74. The van der Waals surface area contributed by atoms with Crippen LogP contribution in [0.3, 0.4) is 0 Å². The van der Waals surface area contributed by atoms with Gasteiger partial charge < -0.3 is 4.74 Å². The summed E-state index contributed by atoms with van der Waals surface area (Å²) >= 11 is 0. The average Bonchev–Trinajstić information content (AvgIpc) is 2.53. The van der Waals surface area contributed by atoms with Crippen LogP contribution in [0.25, 0.3) is 0 Å². The van der Waals surface area contributed by atoms with Gasteiger partial charge in [-0.15, -0.1) is 0 Å². The summed E-state index contributed by atoms with van der Waals surface area (Å²) in [4.78, 5) is 11.4. The Kier molecular flexibility index (Phi) is 3.00. The predicted octanol–water partition coefficient (Wildman–Crippen LogP) is 2.43. The molecular formula is C13H17NO2. The number of esters is 1. The molecule has 0 amide bonds. The van der Waals surface area contributed by atoms with Gasteiger partial charge in [0.15, 0.2) is 0 Å². The molecule has 0 aromatic heterocycles. The number of nitrogens with zero attached hydrogens (tertiary/aromatic N) is 1. The van der Waals surface area contributed by atoms with Crippen LogP contribution >= 0.6 is 0 Å². The lowest BCUT2D eigenvalue weighted by molar-refractivity contribution is -0.146. The largest absolute Gasteiger partial charge is 0.459 e. The van der Waals surface area contributed by atoms with E-state index < -0.39 is 0 Å². The van der Waals surface area contributed by atoms with Crippen LogP contribution < -0.4 is 0 Å². The van der Waals surface area contributed by atoms with Gasteiger partial charge in [-0.1, -0.05) is 6.58 Å². The summed E-state index contributed by atoms with van der Waals surface area (Å²) < 4.78 is 5.38.